The highest BCUT2D eigenvalue weighted by molar-refractivity contribution is 6.74. The minimum Gasteiger partial charge on any atom is -0.488 e. The molecule has 0 spiro atoms. The number of hydrogen-bond donors (Lipinski definition) is 2. The number of fused-ring (bicyclic) bond motifs is 1. The molecule has 3 heterocycles. The summed E-state index contributed by atoms with van der Waals surface area (Å²) in [7, 11) is -2.18. The van der Waals surface area contributed by atoms with Gasteiger partial charge in [-0.2, -0.15) is 0 Å². The van der Waals surface area contributed by atoms with Crippen LogP contribution in [0.15, 0.2) is 61.1 Å². The van der Waals surface area contributed by atoms with Crippen molar-refractivity contribution in [2.45, 2.75) is 64.0 Å². The first-order chi connectivity index (χ1) is 17.9. The Hall–Kier alpha value is -3.43. The molecule has 8 nitrogen and oxygen atoms in total. The summed E-state index contributed by atoms with van der Waals surface area (Å²) in [5.41, 5.74) is 10.2. The molecular weight excluding hydrogens is 496 g/mol. The number of carbonyl (C=O) groups is 1. The first-order valence-electron chi connectivity index (χ1n) is 13.0. The number of amides is 1. The molecule has 0 saturated carbocycles. The van der Waals surface area contributed by atoms with Crippen molar-refractivity contribution in [2.24, 2.45) is 0 Å². The molecule has 4 rings (SSSR count). The van der Waals surface area contributed by atoms with E-state index in [-0.39, 0.29) is 24.2 Å². The molecule has 0 radical (unpaired) electrons. The van der Waals surface area contributed by atoms with Crippen LogP contribution < -0.4 is 10.5 Å². The Morgan fingerprint density at radius 1 is 1.24 bits per heavy atom. The van der Waals surface area contributed by atoms with E-state index in [1.54, 1.807) is 18.6 Å². The van der Waals surface area contributed by atoms with Gasteiger partial charge in [-0.05, 0) is 78.5 Å². The summed E-state index contributed by atoms with van der Waals surface area (Å²) in [4.78, 5) is 22.5. The van der Waals surface area contributed by atoms with Crippen molar-refractivity contribution in [2.75, 3.05) is 18.8 Å². The molecular formula is C29H38N4O4Si. The second kappa shape index (κ2) is 11.1. The van der Waals surface area contributed by atoms with Crippen molar-refractivity contribution in [1.29, 1.82) is 0 Å². The average molecular weight is 535 g/mol. The Kier molecular flexibility index (Phi) is 8.08. The summed E-state index contributed by atoms with van der Waals surface area (Å²) in [6, 6.07) is 13.6. The van der Waals surface area contributed by atoms with Crippen molar-refractivity contribution >= 4 is 20.1 Å². The standard InChI is InChI=1S/C29H38N4O4Si/c1-29(2,3)38(4,5)37-27(22-7-6-14-31-16-22)19-33(28(34)35)18-24-11-8-21-15-20(9-13-26(21)36-24)25-12-10-23(30)17-32-25/h6-7,9-10,12-17,24,27H,8,11,18-19,30H2,1-5H3,(H,34,35)/t24-,27+/m1/s1. The van der Waals surface area contributed by atoms with E-state index in [4.69, 9.17) is 14.9 Å². The first kappa shape index (κ1) is 27.6. The van der Waals surface area contributed by atoms with E-state index in [0.717, 1.165) is 41.0 Å². The first-order valence-corrected chi connectivity index (χ1v) is 15.9. The summed E-state index contributed by atoms with van der Waals surface area (Å²) in [6.07, 6.45) is 4.99. The number of nitrogens with two attached hydrogens (primary N) is 1. The smallest absolute Gasteiger partial charge is 0.407 e. The third kappa shape index (κ3) is 6.52. The van der Waals surface area contributed by atoms with Crippen LogP contribution in [0.2, 0.25) is 18.1 Å². The topological polar surface area (TPSA) is 111 Å². The van der Waals surface area contributed by atoms with Gasteiger partial charge >= 0.3 is 6.09 Å². The normalized spacial score (nSPS) is 16.3. The molecule has 0 fully saturated rings. The molecule has 0 bridgehead atoms. The predicted molar refractivity (Wildman–Crippen MR) is 152 cm³/mol. The summed E-state index contributed by atoms with van der Waals surface area (Å²) < 4.78 is 13.0. The second-order valence-corrected chi connectivity index (χ2v) is 16.2. The molecule has 0 unspecified atom stereocenters. The molecule has 0 aliphatic carbocycles. The van der Waals surface area contributed by atoms with Gasteiger partial charge in [-0.1, -0.05) is 26.8 Å². The Morgan fingerprint density at radius 3 is 2.66 bits per heavy atom. The van der Waals surface area contributed by atoms with Crippen LogP contribution in [-0.2, 0) is 10.8 Å². The Labute approximate surface area is 226 Å². The van der Waals surface area contributed by atoms with Gasteiger partial charge in [0.1, 0.15) is 11.9 Å². The predicted octanol–water partition coefficient (Wildman–Crippen LogP) is 6.16. The van der Waals surface area contributed by atoms with Crippen LogP contribution in [0.5, 0.6) is 5.75 Å². The highest BCUT2D eigenvalue weighted by Crippen LogP contribution is 2.40. The molecule has 0 saturated heterocycles. The van der Waals surface area contributed by atoms with E-state index < -0.39 is 20.5 Å². The maximum absolute atomic E-state index is 12.4. The molecule has 1 aromatic carbocycles. The molecule has 38 heavy (non-hydrogen) atoms. The van der Waals surface area contributed by atoms with Gasteiger partial charge in [0.15, 0.2) is 8.32 Å². The van der Waals surface area contributed by atoms with Crippen LogP contribution in [0.4, 0.5) is 10.5 Å². The van der Waals surface area contributed by atoms with Crippen molar-refractivity contribution in [3.05, 3.63) is 72.2 Å². The van der Waals surface area contributed by atoms with Gasteiger partial charge < -0.3 is 24.9 Å². The van der Waals surface area contributed by atoms with Crippen LogP contribution in [0.3, 0.4) is 0 Å². The third-order valence-corrected chi connectivity index (χ3v) is 12.0. The van der Waals surface area contributed by atoms with Crippen LogP contribution >= 0.6 is 0 Å². The number of nitrogens with zero attached hydrogens (tertiary/aromatic N) is 3. The molecule has 202 valence electrons. The zero-order valence-electron chi connectivity index (χ0n) is 22.8. The second-order valence-electron chi connectivity index (χ2n) is 11.4. The summed E-state index contributed by atoms with van der Waals surface area (Å²) >= 11 is 0. The molecule has 3 N–H and O–H groups in total. The van der Waals surface area contributed by atoms with Crippen LogP contribution in [0, 0.1) is 0 Å². The Morgan fingerprint density at radius 2 is 2.03 bits per heavy atom. The van der Waals surface area contributed by atoms with Gasteiger partial charge in [-0.15, -0.1) is 0 Å². The van der Waals surface area contributed by atoms with E-state index in [9.17, 15) is 9.90 Å². The van der Waals surface area contributed by atoms with E-state index in [1.807, 2.05) is 36.4 Å². The fourth-order valence-electron chi connectivity index (χ4n) is 4.29. The van der Waals surface area contributed by atoms with Crippen molar-refractivity contribution in [1.82, 2.24) is 14.9 Å². The van der Waals surface area contributed by atoms with Gasteiger partial charge in [0.25, 0.3) is 0 Å². The number of nitrogen functional groups attached to an aromatic ring is 1. The monoisotopic (exact) mass is 534 g/mol. The third-order valence-electron chi connectivity index (χ3n) is 7.55. The van der Waals surface area contributed by atoms with E-state index in [2.05, 4.69) is 49.9 Å². The largest absolute Gasteiger partial charge is 0.488 e. The maximum Gasteiger partial charge on any atom is 0.407 e. The van der Waals surface area contributed by atoms with Gasteiger partial charge in [-0.25, -0.2) is 4.79 Å². The number of rotatable bonds is 8. The fraction of sp³-hybridized carbons (Fsp3) is 0.414. The number of aromatic nitrogens is 2. The number of anilines is 1. The lowest BCUT2D eigenvalue weighted by atomic mass is 9.98. The molecule has 2 atom stereocenters. The van der Waals surface area contributed by atoms with Crippen molar-refractivity contribution < 1.29 is 19.1 Å². The minimum atomic E-state index is -2.18. The molecule has 2 aromatic heterocycles. The van der Waals surface area contributed by atoms with Gasteiger partial charge in [0.05, 0.1) is 36.8 Å². The summed E-state index contributed by atoms with van der Waals surface area (Å²) in [5, 5.41) is 10.1. The Balaban J connectivity index is 1.49. The van der Waals surface area contributed by atoms with Crippen LogP contribution in [0.25, 0.3) is 11.3 Å². The van der Waals surface area contributed by atoms with E-state index >= 15 is 0 Å². The van der Waals surface area contributed by atoms with Crippen LogP contribution in [0.1, 0.15) is 44.4 Å². The molecule has 1 amide bonds. The number of pyridine rings is 2. The highest BCUT2D eigenvalue weighted by atomic mass is 28.4. The number of hydrogen-bond acceptors (Lipinski definition) is 6. The zero-order chi connectivity index (χ0) is 27.5. The van der Waals surface area contributed by atoms with Gasteiger partial charge in [0, 0.05) is 18.0 Å². The van der Waals surface area contributed by atoms with Gasteiger partial charge in [-0.3, -0.25) is 9.97 Å². The molecule has 3 aromatic rings. The molecule has 1 aliphatic heterocycles. The maximum atomic E-state index is 12.4. The lowest BCUT2D eigenvalue weighted by Crippen LogP contribution is -2.46. The van der Waals surface area contributed by atoms with Gasteiger partial charge in [0.2, 0.25) is 0 Å². The summed E-state index contributed by atoms with van der Waals surface area (Å²) in [6.45, 7) is 11.4. The SMILES string of the molecule is CC(C)(C)[Si](C)(C)O[C@@H](CN(C[C@H]1CCc2cc(-c3ccc(N)cn3)ccc2O1)C(=O)O)c1cccnc1. The fourth-order valence-corrected chi connectivity index (χ4v) is 5.57. The van der Waals surface area contributed by atoms with E-state index in [0.29, 0.717) is 5.69 Å². The quantitative estimate of drug-likeness (QED) is 0.333. The minimum absolute atomic E-state index is 0.0154. The number of ether oxygens (including phenoxy) is 1. The number of carboxylic acid groups (broad SMARTS) is 1. The number of benzene rings is 1. The van der Waals surface area contributed by atoms with Crippen molar-refractivity contribution in [3.8, 4) is 17.0 Å². The lowest BCUT2D eigenvalue weighted by molar-refractivity contribution is 0.0688. The average Bonchev–Trinajstić information content (AvgIpc) is 2.87. The zero-order valence-corrected chi connectivity index (χ0v) is 23.8. The van der Waals surface area contributed by atoms with Crippen LogP contribution in [-0.4, -0.2) is 53.6 Å². The molecule has 1 aliphatic rings. The Bertz CT molecular complexity index is 1250. The van der Waals surface area contributed by atoms with E-state index in [1.165, 1.54) is 4.90 Å². The lowest BCUT2D eigenvalue weighted by Gasteiger charge is -2.40. The number of aryl methyl sites for hydroxylation is 1. The summed E-state index contributed by atoms with van der Waals surface area (Å²) in [5.74, 6) is 0.784. The van der Waals surface area contributed by atoms with Crippen molar-refractivity contribution in [3.63, 3.8) is 0 Å². The highest BCUT2D eigenvalue weighted by Gasteiger charge is 2.40. The molecule has 9 heteroatoms.